The van der Waals surface area contributed by atoms with Crippen LogP contribution in [-0.2, 0) is 6.54 Å². The minimum atomic E-state index is 0.283. The zero-order valence-corrected chi connectivity index (χ0v) is 12.4. The van der Waals surface area contributed by atoms with Crippen molar-refractivity contribution in [3.8, 4) is 0 Å². The first kappa shape index (κ1) is 12.4. The van der Waals surface area contributed by atoms with E-state index < -0.39 is 0 Å². The maximum absolute atomic E-state index is 4.79. The number of nitrogens with one attached hydrogen (secondary N) is 1. The van der Waals surface area contributed by atoms with Crippen LogP contribution in [0.5, 0.6) is 0 Å². The predicted molar refractivity (Wildman–Crippen MR) is 77.4 cm³/mol. The van der Waals surface area contributed by atoms with E-state index in [4.69, 9.17) is 4.98 Å². The molecule has 3 rings (SSSR count). The van der Waals surface area contributed by atoms with Crippen LogP contribution in [0.15, 0.2) is 0 Å². The second-order valence-corrected chi connectivity index (χ2v) is 7.29. The third-order valence-electron chi connectivity index (χ3n) is 4.14. The lowest BCUT2D eigenvalue weighted by Gasteiger charge is -2.31. The number of thiazole rings is 1. The third kappa shape index (κ3) is 2.41. The summed E-state index contributed by atoms with van der Waals surface area (Å²) in [6, 6.07) is 0.776. The predicted octanol–water partition coefficient (Wildman–Crippen LogP) is 3.08. The van der Waals surface area contributed by atoms with Crippen LogP contribution in [0.25, 0.3) is 0 Å². The van der Waals surface area contributed by atoms with E-state index in [0.29, 0.717) is 0 Å². The van der Waals surface area contributed by atoms with Crippen molar-refractivity contribution in [2.24, 2.45) is 0 Å². The highest BCUT2D eigenvalue weighted by atomic mass is 32.1. The van der Waals surface area contributed by atoms with Gasteiger partial charge < -0.3 is 10.2 Å². The van der Waals surface area contributed by atoms with Gasteiger partial charge in [-0.1, -0.05) is 0 Å². The molecular weight excluding hydrogens is 242 g/mol. The number of nitrogens with zero attached hydrogens (tertiary/aromatic N) is 2. The molecule has 1 saturated carbocycles. The van der Waals surface area contributed by atoms with E-state index in [1.165, 1.54) is 41.4 Å². The minimum Gasteiger partial charge on any atom is -0.343 e. The summed E-state index contributed by atoms with van der Waals surface area (Å²) in [5, 5.41) is 4.81. The van der Waals surface area contributed by atoms with Gasteiger partial charge in [0.2, 0.25) is 0 Å². The Labute approximate surface area is 114 Å². The fourth-order valence-electron chi connectivity index (χ4n) is 2.68. The number of anilines is 1. The van der Waals surface area contributed by atoms with Gasteiger partial charge in [-0.05, 0) is 46.5 Å². The van der Waals surface area contributed by atoms with Crippen molar-refractivity contribution in [2.45, 2.75) is 64.6 Å². The number of rotatable bonds is 4. The zero-order valence-electron chi connectivity index (χ0n) is 11.6. The molecule has 1 aliphatic carbocycles. The van der Waals surface area contributed by atoms with Gasteiger partial charge in [0, 0.05) is 29.5 Å². The Morgan fingerprint density at radius 2 is 2.22 bits per heavy atom. The summed E-state index contributed by atoms with van der Waals surface area (Å²) in [4.78, 5) is 8.70. The van der Waals surface area contributed by atoms with Crippen molar-refractivity contribution in [3.63, 3.8) is 0 Å². The Kier molecular flexibility index (Phi) is 3.10. The Morgan fingerprint density at radius 3 is 2.83 bits per heavy atom. The second kappa shape index (κ2) is 4.49. The molecule has 1 N–H and O–H groups in total. The largest absolute Gasteiger partial charge is 0.343 e. The normalized spacial score (nSPS) is 22.7. The molecule has 0 radical (unpaired) electrons. The van der Waals surface area contributed by atoms with Crippen LogP contribution < -0.4 is 10.2 Å². The topological polar surface area (TPSA) is 28.2 Å². The van der Waals surface area contributed by atoms with E-state index in [-0.39, 0.29) is 5.54 Å². The molecule has 2 heterocycles. The van der Waals surface area contributed by atoms with Crippen molar-refractivity contribution >= 4 is 16.5 Å². The van der Waals surface area contributed by atoms with Crippen LogP contribution in [0.2, 0.25) is 0 Å². The lowest BCUT2D eigenvalue weighted by atomic mass is 10.0. The fourth-order valence-corrected chi connectivity index (χ4v) is 3.88. The van der Waals surface area contributed by atoms with Gasteiger partial charge in [0.05, 0.1) is 5.69 Å². The first-order chi connectivity index (χ1) is 8.56. The van der Waals surface area contributed by atoms with Gasteiger partial charge in [0.25, 0.3) is 0 Å². The number of aryl methyl sites for hydroxylation is 1. The second-order valence-electron chi connectivity index (χ2n) is 6.23. The molecule has 1 aromatic heterocycles. The molecule has 4 heteroatoms. The maximum atomic E-state index is 4.79. The molecule has 18 heavy (non-hydrogen) atoms. The van der Waals surface area contributed by atoms with Crippen molar-refractivity contribution in [1.82, 2.24) is 10.3 Å². The molecule has 2 aliphatic rings. The van der Waals surface area contributed by atoms with Crippen molar-refractivity contribution < 1.29 is 0 Å². The number of hydrogen-bond donors (Lipinski definition) is 1. The summed E-state index contributed by atoms with van der Waals surface area (Å²) in [6.45, 7) is 8.97. The molecule has 1 aliphatic heterocycles. The average molecular weight is 265 g/mol. The molecule has 1 aromatic rings. The average Bonchev–Trinajstić information content (AvgIpc) is 2.97. The highest BCUT2D eigenvalue weighted by molar-refractivity contribution is 7.15. The van der Waals surface area contributed by atoms with E-state index >= 15 is 0 Å². The first-order valence-corrected chi connectivity index (χ1v) is 7.85. The van der Waals surface area contributed by atoms with Crippen molar-refractivity contribution in [2.75, 3.05) is 11.4 Å². The first-order valence-electron chi connectivity index (χ1n) is 7.03. The molecule has 0 amide bonds. The smallest absolute Gasteiger partial charge is 0.186 e. The van der Waals surface area contributed by atoms with Gasteiger partial charge >= 0.3 is 0 Å². The van der Waals surface area contributed by atoms with Crippen LogP contribution in [0.1, 0.15) is 50.1 Å². The van der Waals surface area contributed by atoms with Gasteiger partial charge in [-0.2, -0.15) is 0 Å². The molecule has 2 fully saturated rings. The number of hydrogen-bond acceptors (Lipinski definition) is 4. The van der Waals surface area contributed by atoms with E-state index in [1.54, 1.807) is 0 Å². The molecule has 1 saturated heterocycles. The minimum absolute atomic E-state index is 0.283. The van der Waals surface area contributed by atoms with Gasteiger partial charge in [-0.15, -0.1) is 11.3 Å². The van der Waals surface area contributed by atoms with Crippen LogP contribution in [0.3, 0.4) is 0 Å². The molecule has 0 spiro atoms. The van der Waals surface area contributed by atoms with Crippen LogP contribution in [0, 0.1) is 6.92 Å². The Morgan fingerprint density at radius 1 is 1.44 bits per heavy atom. The summed E-state index contributed by atoms with van der Waals surface area (Å²) in [6.07, 6.45) is 5.27. The fraction of sp³-hybridized carbons (Fsp3) is 0.786. The van der Waals surface area contributed by atoms with Crippen molar-refractivity contribution in [1.29, 1.82) is 0 Å². The Hall–Kier alpha value is -0.610. The van der Waals surface area contributed by atoms with E-state index in [1.807, 2.05) is 11.3 Å². The zero-order chi connectivity index (χ0) is 12.8. The Bertz CT molecular complexity index is 434. The summed E-state index contributed by atoms with van der Waals surface area (Å²) >= 11 is 1.88. The molecule has 0 atom stereocenters. The van der Waals surface area contributed by atoms with Crippen molar-refractivity contribution in [3.05, 3.63) is 10.6 Å². The van der Waals surface area contributed by atoms with Crippen LogP contribution in [0.4, 0.5) is 5.13 Å². The molecule has 100 valence electrons. The molecular formula is C14H23N3S. The van der Waals surface area contributed by atoms with Crippen LogP contribution in [-0.4, -0.2) is 23.1 Å². The lowest BCUT2D eigenvalue weighted by Crippen LogP contribution is -2.38. The molecule has 0 unspecified atom stereocenters. The summed E-state index contributed by atoms with van der Waals surface area (Å²) in [7, 11) is 0. The van der Waals surface area contributed by atoms with Crippen LogP contribution >= 0.6 is 11.3 Å². The summed E-state index contributed by atoms with van der Waals surface area (Å²) in [5.74, 6) is 0. The molecule has 3 nitrogen and oxygen atoms in total. The highest BCUT2D eigenvalue weighted by Crippen LogP contribution is 2.37. The molecule has 0 aromatic carbocycles. The Balaban J connectivity index is 1.74. The SMILES string of the molecule is Cc1nc(N2CCCC2(C)C)sc1CNC1CC1. The lowest BCUT2D eigenvalue weighted by molar-refractivity contribution is 0.517. The summed E-state index contributed by atoms with van der Waals surface area (Å²) in [5.41, 5.74) is 1.50. The third-order valence-corrected chi connectivity index (χ3v) is 5.32. The van der Waals surface area contributed by atoms with Gasteiger partial charge in [0.1, 0.15) is 0 Å². The van der Waals surface area contributed by atoms with E-state index in [0.717, 1.165) is 19.1 Å². The van der Waals surface area contributed by atoms with Gasteiger partial charge in [-0.25, -0.2) is 4.98 Å². The summed E-state index contributed by atoms with van der Waals surface area (Å²) < 4.78 is 0. The van der Waals surface area contributed by atoms with Gasteiger partial charge in [-0.3, -0.25) is 0 Å². The number of aromatic nitrogens is 1. The maximum Gasteiger partial charge on any atom is 0.186 e. The van der Waals surface area contributed by atoms with E-state index in [2.05, 4.69) is 31.0 Å². The standard InChI is InChI=1S/C14H23N3S/c1-10-12(9-15-11-5-6-11)18-13(16-10)17-8-4-7-14(17,2)3/h11,15H,4-9H2,1-3H3. The van der Waals surface area contributed by atoms with Gasteiger partial charge in [0.15, 0.2) is 5.13 Å². The monoisotopic (exact) mass is 265 g/mol. The quantitative estimate of drug-likeness (QED) is 0.907. The highest BCUT2D eigenvalue weighted by Gasteiger charge is 2.34. The molecule has 0 bridgehead atoms. The van der Waals surface area contributed by atoms with E-state index in [9.17, 15) is 0 Å².